The van der Waals surface area contributed by atoms with E-state index < -0.39 is 15.6 Å². The first-order valence-corrected chi connectivity index (χ1v) is 8.74. The zero-order valence-corrected chi connectivity index (χ0v) is 13.4. The quantitative estimate of drug-likeness (QED) is 0.903. The fourth-order valence-corrected chi connectivity index (χ4v) is 3.73. The Balaban J connectivity index is 2.09. The summed E-state index contributed by atoms with van der Waals surface area (Å²) in [4.78, 5) is 0.271. The molecule has 0 aromatic heterocycles. The Labute approximate surface area is 126 Å². The van der Waals surface area contributed by atoms with E-state index in [4.69, 9.17) is 4.74 Å². The van der Waals surface area contributed by atoms with Gasteiger partial charge in [0.05, 0.1) is 17.1 Å². The summed E-state index contributed by atoms with van der Waals surface area (Å²) in [6.07, 6.45) is 1.83. The minimum Gasteiger partial charge on any atom is -0.494 e. The van der Waals surface area contributed by atoms with Crippen LogP contribution in [0, 0.1) is 0 Å². The Kier molecular flexibility index (Phi) is 4.91. The second-order valence-electron chi connectivity index (χ2n) is 5.72. The summed E-state index contributed by atoms with van der Waals surface area (Å²) in [5.74, 6) is 0.678. The van der Waals surface area contributed by atoms with E-state index in [2.05, 4.69) is 0 Å². The van der Waals surface area contributed by atoms with Crippen LogP contribution in [0.5, 0.6) is 5.75 Å². The topological polar surface area (TPSA) is 66.8 Å². The highest BCUT2D eigenvalue weighted by atomic mass is 32.2. The first-order valence-electron chi connectivity index (χ1n) is 7.30. The standard InChI is InChI=1S/C15H23NO4S/c1-3-12-20-13-4-6-14(7-5-13)21(18,19)16-10-8-15(2,17)9-11-16/h4-7,17H,3,8-12H2,1-2H3. The summed E-state index contributed by atoms with van der Waals surface area (Å²) in [6.45, 7) is 5.08. The molecule has 1 heterocycles. The third-order valence-electron chi connectivity index (χ3n) is 3.73. The van der Waals surface area contributed by atoms with E-state index >= 15 is 0 Å². The van der Waals surface area contributed by atoms with E-state index in [1.165, 1.54) is 4.31 Å². The number of sulfonamides is 1. The lowest BCUT2D eigenvalue weighted by atomic mass is 9.95. The molecule has 0 aliphatic carbocycles. The van der Waals surface area contributed by atoms with Crippen LogP contribution >= 0.6 is 0 Å². The van der Waals surface area contributed by atoms with Gasteiger partial charge in [-0.2, -0.15) is 4.31 Å². The molecule has 1 aromatic carbocycles. The average Bonchev–Trinajstić information content (AvgIpc) is 2.45. The second-order valence-corrected chi connectivity index (χ2v) is 7.66. The van der Waals surface area contributed by atoms with Crippen LogP contribution in [0.4, 0.5) is 0 Å². The second kappa shape index (κ2) is 6.34. The molecule has 1 N–H and O–H groups in total. The number of nitrogens with zero attached hydrogens (tertiary/aromatic N) is 1. The van der Waals surface area contributed by atoms with Crippen molar-refractivity contribution < 1.29 is 18.3 Å². The van der Waals surface area contributed by atoms with Gasteiger partial charge in [0.2, 0.25) is 10.0 Å². The Bertz CT molecular complexity index is 556. The van der Waals surface area contributed by atoms with Crippen LogP contribution in [0.15, 0.2) is 29.2 Å². The summed E-state index contributed by atoms with van der Waals surface area (Å²) in [6, 6.07) is 6.52. The predicted octanol–water partition coefficient (Wildman–Crippen LogP) is 2.01. The number of aliphatic hydroxyl groups is 1. The van der Waals surface area contributed by atoms with Crippen molar-refractivity contribution in [1.29, 1.82) is 0 Å². The van der Waals surface area contributed by atoms with Crippen LogP contribution in [0.3, 0.4) is 0 Å². The summed E-state index contributed by atoms with van der Waals surface area (Å²) < 4.78 is 31.9. The molecule has 0 unspecified atom stereocenters. The Morgan fingerprint density at radius 3 is 2.33 bits per heavy atom. The zero-order chi connectivity index (χ0) is 15.5. The first kappa shape index (κ1) is 16.3. The largest absolute Gasteiger partial charge is 0.494 e. The van der Waals surface area contributed by atoms with Gasteiger partial charge in [0, 0.05) is 13.1 Å². The molecule has 1 aliphatic heterocycles. The molecule has 1 aliphatic rings. The van der Waals surface area contributed by atoms with Gasteiger partial charge in [-0.3, -0.25) is 0 Å². The van der Waals surface area contributed by atoms with Crippen LogP contribution in [0.25, 0.3) is 0 Å². The van der Waals surface area contributed by atoms with Crippen molar-refractivity contribution in [2.45, 2.75) is 43.6 Å². The van der Waals surface area contributed by atoms with Crippen molar-refractivity contribution >= 4 is 10.0 Å². The zero-order valence-electron chi connectivity index (χ0n) is 12.6. The molecule has 0 spiro atoms. The SMILES string of the molecule is CCCOc1ccc(S(=O)(=O)N2CCC(C)(O)CC2)cc1. The van der Waals surface area contributed by atoms with Gasteiger partial charge in [0.15, 0.2) is 0 Å². The molecule has 0 amide bonds. The fourth-order valence-electron chi connectivity index (χ4n) is 2.29. The molecule has 21 heavy (non-hydrogen) atoms. The monoisotopic (exact) mass is 313 g/mol. The van der Waals surface area contributed by atoms with Crippen LogP contribution in [-0.4, -0.2) is 43.1 Å². The van der Waals surface area contributed by atoms with E-state index in [9.17, 15) is 13.5 Å². The lowest BCUT2D eigenvalue weighted by Crippen LogP contribution is -2.45. The highest BCUT2D eigenvalue weighted by Crippen LogP contribution is 2.27. The van der Waals surface area contributed by atoms with Gasteiger partial charge < -0.3 is 9.84 Å². The number of benzene rings is 1. The van der Waals surface area contributed by atoms with Crippen molar-refractivity contribution in [2.24, 2.45) is 0 Å². The maximum atomic E-state index is 12.5. The number of piperidine rings is 1. The van der Waals surface area contributed by atoms with Crippen LogP contribution in [0.1, 0.15) is 33.1 Å². The van der Waals surface area contributed by atoms with Crippen LogP contribution < -0.4 is 4.74 Å². The maximum absolute atomic E-state index is 12.5. The van der Waals surface area contributed by atoms with Crippen LogP contribution in [0.2, 0.25) is 0 Å². The van der Waals surface area contributed by atoms with Gasteiger partial charge in [0.25, 0.3) is 0 Å². The molecular formula is C15H23NO4S. The Morgan fingerprint density at radius 2 is 1.81 bits per heavy atom. The van der Waals surface area contributed by atoms with Crippen molar-refractivity contribution in [3.05, 3.63) is 24.3 Å². The fraction of sp³-hybridized carbons (Fsp3) is 0.600. The molecule has 0 radical (unpaired) electrons. The van der Waals surface area contributed by atoms with Gasteiger partial charge in [0.1, 0.15) is 5.75 Å². The highest BCUT2D eigenvalue weighted by Gasteiger charge is 2.33. The van der Waals surface area contributed by atoms with Crippen molar-refractivity contribution in [2.75, 3.05) is 19.7 Å². The van der Waals surface area contributed by atoms with E-state index in [-0.39, 0.29) is 4.90 Å². The molecule has 2 rings (SSSR count). The van der Waals surface area contributed by atoms with E-state index in [1.807, 2.05) is 6.92 Å². The number of ether oxygens (including phenoxy) is 1. The van der Waals surface area contributed by atoms with E-state index in [0.717, 1.165) is 6.42 Å². The van der Waals surface area contributed by atoms with Crippen molar-refractivity contribution in [1.82, 2.24) is 4.31 Å². The summed E-state index contributed by atoms with van der Waals surface area (Å²) in [7, 11) is -3.48. The molecule has 1 aromatic rings. The predicted molar refractivity (Wildman–Crippen MR) is 80.8 cm³/mol. The van der Waals surface area contributed by atoms with Gasteiger partial charge >= 0.3 is 0 Å². The molecule has 0 atom stereocenters. The smallest absolute Gasteiger partial charge is 0.243 e. The van der Waals surface area contributed by atoms with E-state index in [0.29, 0.717) is 38.3 Å². The molecule has 0 saturated carbocycles. The molecule has 1 fully saturated rings. The normalized spacial score (nSPS) is 19.4. The summed E-state index contributed by atoms with van der Waals surface area (Å²) in [5.41, 5.74) is -0.760. The Hall–Kier alpha value is -1.11. The van der Waals surface area contributed by atoms with Crippen LogP contribution in [-0.2, 0) is 10.0 Å². The maximum Gasteiger partial charge on any atom is 0.243 e. The number of hydrogen-bond acceptors (Lipinski definition) is 4. The van der Waals surface area contributed by atoms with Gasteiger partial charge in [-0.1, -0.05) is 6.92 Å². The first-order chi connectivity index (χ1) is 9.85. The summed E-state index contributed by atoms with van der Waals surface area (Å²) >= 11 is 0. The van der Waals surface area contributed by atoms with E-state index in [1.54, 1.807) is 31.2 Å². The minimum absolute atomic E-state index is 0.271. The minimum atomic E-state index is -3.48. The molecule has 118 valence electrons. The van der Waals surface area contributed by atoms with Crippen molar-refractivity contribution in [3.63, 3.8) is 0 Å². The molecule has 0 bridgehead atoms. The third kappa shape index (κ3) is 3.96. The highest BCUT2D eigenvalue weighted by molar-refractivity contribution is 7.89. The van der Waals surface area contributed by atoms with Crippen molar-refractivity contribution in [3.8, 4) is 5.75 Å². The van der Waals surface area contributed by atoms with Gasteiger partial charge in [-0.25, -0.2) is 8.42 Å². The van der Waals surface area contributed by atoms with Gasteiger partial charge in [-0.05, 0) is 50.5 Å². The number of rotatable bonds is 5. The lowest BCUT2D eigenvalue weighted by Gasteiger charge is -2.34. The third-order valence-corrected chi connectivity index (χ3v) is 5.65. The average molecular weight is 313 g/mol. The number of hydrogen-bond donors (Lipinski definition) is 1. The molecular weight excluding hydrogens is 290 g/mol. The summed E-state index contributed by atoms with van der Waals surface area (Å²) in [5, 5.41) is 9.91. The molecule has 1 saturated heterocycles. The molecule has 6 heteroatoms. The molecule has 5 nitrogen and oxygen atoms in total. The lowest BCUT2D eigenvalue weighted by molar-refractivity contribution is 0.0126. The Morgan fingerprint density at radius 1 is 1.24 bits per heavy atom. The van der Waals surface area contributed by atoms with Gasteiger partial charge in [-0.15, -0.1) is 0 Å².